The van der Waals surface area contributed by atoms with Crippen LogP contribution in [-0.4, -0.2) is 32.0 Å². The Kier molecular flexibility index (Phi) is 5.78. The monoisotopic (exact) mass is 378 g/mol. The number of benzene rings is 2. The minimum atomic E-state index is -3.60. The zero-order chi connectivity index (χ0) is 18.6. The number of sulfonamides is 1. The maximum absolute atomic E-state index is 13.7. The minimum Gasteiger partial charge on any atom is -0.256 e. The standard InChI is InChI=1S/C19H20F2N2O2S/c20-18-9-6-10-19(21)17(18)14-22-15-7-5-8-16(13-15)26(24,25)23-11-3-1-2-4-12-23/h5-10,13-14H,1-4,11-12H2. The SMILES string of the molecule is O=S(=O)(c1cccc(N=Cc2c(F)cccc2F)c1)N1CCCCCC1. The van der Waals surface area contributed by atoms with Crippen LogP contribution < -0.4 is 0 Å². The van der Waals surface area contributed by atoms with Crippen molar-refractivity contribution in [2.24, 2.45) is 4.99 Å². The van der Waals surface area contributed by atoms with Gasteiger partial charge in [0, 0.05) is 19.3 Å². The predicted molar refractivity (Wildman–Crippen MR) is 97.3 cm³/mol. The smallest absolute Gasteiger partial charge is 0.243 e. The third-order valence-corrected chi connectivity index (χ3v) is 6.26. The van der Waals surface area contributed by atoms with Gasteiger partial charge in [0.15, 0.2) is 0 Å². The van der Waals surface area contributed by atoms with Crippen LogP contribution in [0.15, 0.2) is 52.4 Å². The van der Waals surface area contributed by atoms with E-state index in [0.29, 0.717) is 18.8 Å². The number of hydrogen-bond donors (Lipinski definition) is 0. The van der Waals surface area contributed by atoms with Gasteiger partial charge in [-0.2, -0.15) is 4.31 Å². The van der Waals surface area contributed by atoms with E-state index in [0.717, 1.165) is 44.0 Å². The molecule has 2 aromatic rings. The molecule has 0 spiro atoms. The molecule has 7 heteroatoms. The number of rotatable bonds is 4. The maximum atomic E-state index is 13.7. The van der Waals surface area contributed by atoms with Crippen LogP contribution in [0, 0.1) is 11.6 Å². The van der Waals surface area contributed by atoms with E-state index in [1.165, 1.54) is 22.5 Å². The molecule has 1 heterocycles. The highest BCUT2D eigenvalue weighted by molar-refractivity contribution is 7.89. The van der Waals surface area contributed by atoms with E-state index in [1.807, 2.05) is 0 Å². The normalized spacial score (nSPS) is 16.7. The quantitative estimate of drug-likeness (QED) is 0.746. The summed E-state index contributed by atoms with van der Waals surface area (Å²) in [6.45, 7) is 1.02. The average molecular weight is 378 g/mol. The second-order valence-electron chi connectivity index (χ2n) is 6.21. The summed E-state index contributed by atoms with van der Waals surface area (Å²) in [7, 11) is -3.60. The van der Waals surface area contributed by atoms with Gasteiger partial charge in [-0.25, -0.2) is 17.2 Å². The van der Waals surface area contributed by atoms with Crippen molar-refractivity contribution in [3.8, 4) is 0 Å². The summed E-state index contributed by atoms with van der Waals surface area (Å²) in [5.41, 5.74) is 0.0665. The zero-order valence-electron chi connectivity index (χ0n) is 14.2. The number of hydrogen-bond acceptors (Lipinski definition) is 3. The summed E-state index contributed by atoms with van der Waals surface area (Å²) in [4.78, 5) is 4.19. The van der Waals surface area contributed by atoms with Gasteiger partial charge >= 0.3 is 0 Å². The molecule has 1 fully saturated rings. The van der Waals surface area contributed by atoms with Gasteiger partial charge in [0.05, 0.1) is 16.1 Å². The van der Waals surface area contributed by atoms with Crippen LogP contribution in [0.3, 0.4) is 0 Å². The number of halogens is 2. The van der Waals surface area contributed by atoms with Crippen LogP contribution in [0.2, 0.25) is 0 Å². The first kappa shape index (κ1) is 18.7. The first-order chi connectivity index (χ1) is 12.5. The van der Waals surface area contributed by atoms with E-state index >= 15 is 0 Å². The van der Waals surface area contributed by atoms with Crippen LogP contribution in [-0.2, 0) is 10.0 Å². The maximum Gasteiger partial charge on any atom is 0.243 e. The van der Waals surface area contributed by atoms with Gasteiger partial charge in [0.2, 0.25) is 10.0 Å². The molecule has 1 saturated heterocycles. The Hall–Kier alpha value is -2.12. The second-order valence-corrected chi connectivity index (χ2v) is 8.15. The van der Waals surface area contributed by atoms with Crippen LogP contribution in [0.25, 0.3) is 0 Å². The molecule has 0 atom stereocenters. The zero-order valence-corrected chi connectivity index (χ0v) is 15.1. The van der Waals surface area contributed by atoms with Gasteiger partial charge in [0.25, 0.3) is 0 Å². The van der Waals surface area contributed by atoms with E-state index in [4.69, 9.17) is 0 Å². The first-order valence-corrected chi connectivity index (χ1v) is 10.0. The summed E-state index contributed by atoms with van der Waals surface area (Å²) in [5, 5.41) is 0. The molecule has 0 saturated carbocycles. The molecule has 0 bridgehead atoms. The number of nitrogens with zero attached hydrogens (tertiary/aromatic N) is 2. The molecule has 26 heavy (non-hydrogen) atoms. The Labute approximate surface area is 152 Å². The van der Waals surface area contributed by atoms with E-state index in [9.17, 15) is 17.2 Å². The summed E-state index contributed by atoms with van der Waals surface area (Å²) in [5.74, 6) is -1.44. The third-order valence-electron chi connectivity index (χ3n) is 4.36. The highest BCUT2D eigenvalue weighted by Crippen LogP contribution is 2.24. The van der Waals surface area contributed by atoms with Gasteiger partial charge in [-0.1, -0.05) is 25.0 Å². The van der Waals surface area contributed by atoms with E-state index in [-0.39, 0.29) is 10.5 Å². The molecular weight excluding hydrogens is 358 g/mol. The summed E-state index contributed by atoms with van der Waals surface area (Å²) >= 11 is 0. The molecule has 0 aromatic heterocycles. The van der Waals surface area contributed by atoms with Gasteiger partial charge in [0.1, 0.15) is 11.6 Å². The van der Waals surface area contributed by atoms with Crippen LogP contribution in [0.1, 0.15) is 31.2 Å². The Morgan fingerprint density at radius 2 is 1.54 bits per heavy atom. The molecular formula is C19H20F2N2O2S. The van der Waals surface area contributed by atoms with Crippen molar-refractivity contribution in [1.29, 1.82) is 0 Å². The Balaban J connectivity index is 1.87. The molecule has 0 radical (unpaired) electrons. The lowest BCUT2D eigenvalue weighted by molar-refractivity contribution is 0.424. The van der Waals surface area contributed by atoms with Gasteiger partial charge in [-0.05, 0) is 43.2 Å². The summed E-state index contributed by atoms with van der Waals surface area (Å²) < 4.78 is 54.5. The van der Waals surface area contributed by atoms with Crippen molar-refractivity contribution in [2.75, 3.05) is 13.1 Å². The van der Waals surface area contributed by atoms with Crippen LogP contribution in [0.4, 0.5) is 14.5 Å². The topological polar surface area (TPSA) is 49.7 Å². The van der Waals surface area contributed by atoms with Crippen molar-refractivity contribution in [1.82, 2.24) is 4.31 Å². The van der Waals surface area contributed by atoms with E-state index in [2.05, 4.69) is 4.99 Å². The molecule has 0 amide bonds. The van der Waals surface area contributed by atoms with Gasteiger partial charge < -0.3 is 0 Å². The van der Waals surface area contributed by atoms with Crippen molar-refractivity contribution in [2.45, 2.75) is 30.6 Å². The highest BCUT2D eigenvalue weighted by atomic mass is 32.2. The molecule has 1 aliphatic rings. The third kappa shape index (κ3) is 4.16. The Bertz CT molecular complexity index is 885. The lowest BCUT2D eigenvalue weighted by Crippen LogP contribution is -2.31. The Morgan fingerprint density at radius 3 is 2.19 bits per heavy atom. The molecule has 0 unspecified atom stereocenters. The fourth-order valence-electron chi connectivity index (χ4n) is 2.93. The molecule has 3 rings (SSSR count). The minimum absolute atomic E-state index is 0.142. The molecule has 138 valence electrons. The van der Waals surface area contributed by atoms with Crippen molar-refractivity contribution in [3.63, 3.8) is 0 Å². The molecule has 1 aliphatic heterocycles. The van der Waals surface area contributed by atoms with E-state index in [1.54, 1.807) is 12.1 Å². The van der Waals surface area contributed by atoms with Crippen molar-refractivity contribution < 1.29 is 17.2 Å². The largest absolute Gasteiger partial charge is 0.256 e. The molecule has 4 nitrogen and oxygen atoms in total. The fourth-order valence-corrected chi connectivity index (χ4v) is 4.49. The fraction of sp³-hybridized carbons (Fsp3) is 0.316. The number of aliphatic imine (C=N–C) groups is 1. The van der Waals surface area contributed by atoms with Gasteiger partial charge in [-0.15, -0.1) is 0 Å². The molecule has 2 aromatic carbocycles. The second kappa shape index (κ2) is 8.05. The Morgan fingerprint density at radius 1 is 0.923 bits per heavy atom. The lowest BCUT2D eigenvalue weighted by Gasteiger charge is -2.20. The molecule has 0 aliphatic carbocycles. The van der Waals surface area contributed by atoms with E-state index < -0.39 is 21.7 Å². The van der Waals surface area contributed by atoms with Crippen LogP contribution in [0.5, 0.6) is 0 Å². The first-order valence-electron chi connectivity index (χ1n) is 8.57. The molecule has 0 N–H and O–H groups in total. The summed E-state index contributed by atoms with van der Waals surface area (Å²) in [6.07, 6.45) is 4.84. The highest BCUT2D eigenvalue weighted by Gasteiger charge is 2.25. The average Bonchev–Trinajstić information content (AvgIpc) is 2.91. The lowest BCUT2D eigenvalue weighted by atomic mass is 10.2. The van der Waals surface area contributed by atoms with Crippen LogP contribution >= 0.6 is 0 Å². The predicted octanol–water partition coefficient (Wildman–Crippen LogP) is 4.28. The van der Waals surface area contributed by atoms with Crippen molar-refractivity contribution in [3.05, 3.63) is 59.7 Å². The van der Waals surface area contributed by atoms with Crippen molar-refractivity contribution >= 4 is 21.9 Å². The summed E-state index contributed by atoms with van der Waals surface area (Å²) in [6, 6.07) is 9.68. The van der Waals surface area contributed by atoms with Gasteiger partial charge in [-0.3, -0.25) is 4.99 Å².